The van der Waals surface area contributed by atoms with Gasteiger partial charge in [-0.1, -0.05) is 12.1 Å². The first-order chi connectivity index (χ1) is 12.1. The number of nitrogens with zero attached hydrogens (tertiary/aromatic N) is 1. The van der Waals surface area contributed by atoms with E-state index in [9.17, 15) is 29.6 Å². The Morgan fingerprint density at radius 3 is 2.19 bits per heavy atom. The number of ketones is 1. The number of non-ortho nitro benzene ring substituents is 1. The summed E-state index contributed by atoms with van der Waals surface area (Å²) in [7, 11) is 2.25. The average Bonchev–Trinajstić information content (AvgIpc) is 2.59. The molecule has 1 N–H and O–H groups in total. The normalized spacial score (nSPS) is 28.3. The summed E-state index contributed by atoms with van der Waals surface area (Å²) in [5.41, 5.74) is -1.62. The maximum Gasteiger partial charge on any atom is 0.316 e. The van der Waals surface area contributed by atoms with E-state index >= 15 is 0 Å². The number of methoxy groups -OCH3 is 2. The maximum atomic E-state index is 12.5. The van der Waals surface area contributed by atoms with Crippen LogP contribution in [0.3, 0.4) is 0 Å². The third-order valence-electron chi connectivity index (χ3n) is 4.67. The van der Waals surface area contributed by atoms with Crippen LogP contribution < -0.4 is 0 Å². The number of nitro groups is 1. The quantitative estimate of drug-likeness (QED) is 0.361. The van der Waals surface area contributed by atoms with Gasteiger partial charge in [-0.25, -0.2) is 0 Å². The zero-order valence-electron chi connectivity index (χ0n) is 14.5. The SMILES string of the molecule is COC(=O)[C@@H]1C(=O)C[C@@](C)(O)[C@H](C(=O)OC)[C@@H]1c1ccc([N+](=O)[O-])cc1. The molecule has 0 radical (unpaired) electrons. The Balaban J connectivity index is 2.62. The van der Waals surface area contributed by atoms with E-state index in [-0.39, 0.29) is 5.69 Å². The number of carbonyl (C=O) groups excluding carboxylic acids is 3. The molecule has 0 bridgehead atoms. The van der Waals surface area contributed by atoms with Gasteiger partial charge in [0.2, 0.25) is 0 Å². The van der Waals surface area contributed by atoms with Gasteiger partial charge in [0.1, 0.15) is 5.92 Å². The van der Waals surface area contributed by atoms with Crippen LogP contribution in [0.2, 0.25) is 0 Å². The summed E-state index contributed by atoms with van der Waals surface area (Å²) in [6.07, 6.45) is -0.421. The highest BCUT2D eigenvalue weighted by Crippen LogP contribution is 2.46. The van der Waals surface area contributed by atoms with Crippen molar-refractivity contribution in [2.75, 3.05) is 14.2 Å². The largest absolute Gasteiger partial charge is 0.469 e. The van der Waals surface area contributed by atoms with E-state index in [1.54, 1.807) is 0 Å². The number of hydrogen-bond acceptors (Lipinski definition) is 8. The molecule has 2 rings (SSSR count). The van der Waals surface area contributed by atoms with Crippen LogP contribution >= 0.6 is 0 Å². The summed E-state index contributed by atoms with van der Waals surface area (Å²) in [6, 6.07) is 5.10. The van der Waals surface area contributed by atoms with Crippen molar-refractivity contribution in [1.29, 1.82) is 0 Å². The van der Waals surface area contributed by atoms with E-state index in [1.807, 2.05) is 0 Å². The van der Waals surface area contributed by atoms with Crippen LogP contribution in [-0.2, 0) is 23.9 Å². The Kier molecular flexibility index (Phi) is 5.41. The molecule has 140 valence electrons. The first-order valence-electron chi connectivity index (χ1n) is 7.79. The molecule has 4 atom stereocenters. The van der Waals surface area contributed by atoms with Gasteiger partial charge in [0.25, 0.3) is 5.69 Å². The average molecular weight is 365 g/mol. The lowest BCUT2D eigenvalue weighted by atomic mass is 9.62. The van der Waals surface area contributed by atoms with Crippen LogP contribution in [0.25, 0.3) is 0 Å². The van der Waals surface area contributed by atoms with Crippen molar-refractivity contribution >= 4 is 23.4 Å². The van der Waals surface area contributed by atoms with Gasteiger partial charge < -0.3 is 14.6 Å². The molecule has 9 nitrogen and oxygen atoms in total. The predicted molar refractivity (Wildman–Crippen MR) is 87.1 cm³/mol. The Labute approximate surface area is 149 Å². The molecule has 0 saturated heterocycles. The number of ether oxygens (including phenoxy) is 2. The van der Waals surface area contributed by atoms with E-state index in [4.69, 9.17) is 9.47 Å². The number of aliphatic hydroxyl groups is 1. The molecule has 0 aliphatic heterocycles. The maximum absolute atomic E-state index is 12.5. The summed E-state index contributed by atoms with van der Waals surface area (Å²) in [5, 5.41) is 21.5. The smallest absolute Gasteiger partial charge is 0.316 e. The number of carbonyl (C=O) groups is 3. The van der Waals surface area contributed by atoms with E-state index in [2.05, 4.69) is 0 Å². The third kappa shape index (κ3) is 3.43. The number of Topliss-reactive ketones (excluding diaryl/α,β-unsaturated/α-hetero) is 1. The van der Waals surface area contributed by atoms with Gasteiger partial charge in [-0.3, -0.25) is 24.5 Å². The molecular formula is C17H19NO8. The first-order valence-corrected chi connectivity index (χ1v) is 7.79. The lowest BCUT2D eigenvalue weighted by Gasteiger charge is -2.43. The summed E-state index contributed by atoms with van der Waals surface area (Å²) in [5.74, 6) is -5.85. The van der Waals surface area contributed by atoms with E-state index in [1.165, 1.54) is 31.2 Å². The fourth-order valence-corrected chi connectivity index (χ4v) is 3.49. The zero-order chi connectivity index (χ0) is 19.6. The molecule has 1 saturated carbocycles. The minimum atomic E-state index is -1.75. The highest BCUT2D eigenvalue weighted by atomic mass is 16.6. The van der Waals surface area contributed by atoms with Crippen LogP contribution in [0.1, 0.15) is 24.8 Å². The lowest BCUT2D eigenvalue weighted by molar-refractivity contribution is -0.384. The summed E-state index contributed by atoms with van der Waals surface area (Å²) >= 11 is 0. The molecule has 0 spiro atoms. The van der Waals surface area contributed by atoms with Crippen molar-refractivity contribution in [2.24, 2.45) is 11.8 Å². The highest BCUT2D eigenvalue weighted by Gasteiger charge is 2.56. The molecule has 0 heterocycles. The molecular weight excluding hydrogens is 346 g/mol. The monoisotopic (exact) mass is 365 g/mol. The van der Waals surface area contributed by atoms with Crippen molar-refractivity contribution < 1.29 is 33.9 Å². The van der Waals surface area contributed by atoms with Crippen molar-refractivity contribution in [3.05, 3.63) is 39.9 Å². The standard InChI is InChI=1S/C17H19NO8/c1-17(22)8-11(19)13(15(20)25-2)12(14(17)16(21)26-3)9-4-6-10(7-5-9)18(23)24/h4-7,12-14,22H,8H2,1-3H3/t12-,13-,14+,17-/m1/s1. The minimum Gasteiger partial charge on any atom is -0.469 e. The summed E-state index contributed by atoms with van der Waals surface area (Å²) in [6.45, 7) is 1.32. The molecule has 1 aromatic carbocycles. The van der Waals surface area contributed by atoms with Crippen LogP contribution in [0.5, 0.6) is 0 Å². The van der Waals surface area contributed by atoms with E-state index in [0.717, 1.165) is 14.2 Å². The van der Waals surface area contributed by atoms with E-state index < -0.39 is 52.4 Å². The number of benzene rings is 1. The Morgan fingerprint density at radius 1 is 1.19 bits per heavy atom. The topological polar surface area (TPSA) is 133 Å². The first kappa shape index (κ1) is 19.5. The Hall–Kier alpha value is -2.81. The molecule has 1 aliphatic rings. The third-order valence-corrected chi connectivity index (χ3v) is 4.67. The van der Waals surface area contributed by atoms with Crippen LogP contribution in [0, 0.1) is 22.0 Å². The van der Waals surface area contributed by atoms with Gasteiger partial charge >= 0.3 is 11.9 Å². The van der Waals surface area contributed by atoms with Crippen molar-refractivity contribution in [3.8, 4) is 0 Å². The zero-order valence-corrected chi connectivity index (χ0v) is 14.5. The van der Waals surface area contributed by atoms with E-state index in [0.29, 0.717) is 5.56 Å². The molecule has 0 aromatic heterocycles. The Morgan fingerprint density at radius 2 is 1.73 bits per heavy atom. The van der Waals surface area contributed by atoms with Gasteiger partial charge in [0, 0.05) is 24.5 Å². The highest BCUT2D eigenvalue weighted by molar-refractivity contribution is 6.02. The second-order valence-electron chi connectivity index (χ2n) is 6.38. The summed E-state index contributed by atoms with van der Waals surface area (Å²) in [4.78, 5) is 47.3. The van der Waals surface area contributed by atoms with Crippen molar-refractivity contribution in [2.45, 2.75) is 24.9 Å². The predicted octanol–water partition coefficient (Wildman–Crippen LogP) is 0.981. The number of esters is 2. The number of hydrogen-bond donors (Lipinski definition) is 1. The van der Waals surface area contributed by atoms with Crippen LogP contribution in [-0.4, -0.2) is 47.6 Å². The molecule has 26 heavy (non-hydrogen) atoms. The molecule has 1 aliphatic carbocycles. The minimum absolute atomic E-state index is 0.188. The second-order valence-corrected chi connectivity index (χ2v) is 6.38. The van der Waals surface area contributed by atoms with Crippen LogP contribution in [0.15, 0.2) is 24.3 Å². The fourth-order valence-electron chi connectivity index (χ4n) is 3.49. The van der Waals surface area contributed by atoms with Crippen molar-refractivity contribution in [3.63, 3.8) is 0 Å². The molecule has 1 fully saturated rings. The molecule has 9 heteroatoms. The second kappa shape index (κ2) is 7.20. The molecule has 0 unspecified atom stereocenters. The van der Waals surface area contributed by atoms with Crippen LogP contribution in [0.4, 0.5) is 5.69 Å². The fraction of sp³-hybridized carbons (Fsp3) is 0.471. The summed E-state index contributed by atoms with van der Waals surface area (Å²) < 4.78 is 9.47. The van der Waals surface area contributed by atoms with Crippen molar-refractivity contribution in [1.82, 2.24) is 0 Å². The van der Waals surface area contributed by atoms with Gasteiger partial charge in [-0.15, -0.1) is 0 Å². The van der Waals surface area contributed by atoms with Gasteiger partial charge in [0.15, 0.2) is 5.78 Å². The van der Waals surface area contributed by atoms with Gasteiger partial charge in [-0.2, -0.15) is 0 Å². The molecule has 1 aromatic rings. The number of nitro benzene ring substituents is 1. The van der Waals surface area contributed by atoms with Gasteiger partial charge in [0.05, 0.1) is 30.7 Å². The van der Waals surface area contributed by atoms with Gasteiger partial charge in [-0.05, 0) is 12.5 Å². The lowest BCUT2D eigenvalue weighted by Crippen LogP contribution is -2.55. The molecule has 0 amide bonds. The Bertz CT molecular complexity index is 740. The number of rotatable bonds is 4.